The maximum Gasteiger partial charge on any atom is 0.0108 e. The highest BCUT2D eigenvalue weighted by molar-refractivity contribution is 5.03. The van der Waals surface area contributed by atoms with Crippen molar-refractivity contribution in [1.82, 2.24) is 15.5 Å². The number of allylic oxidation sites excluding steroid dienone is 4. The van der Waals surface area contributed by atoms with E-state index in [2.05, 4.69) is 62.3 Å². The van der Waals surface area contributed by atoms with E-state index >= 15 is 0 Å². The molecule has 0 aromatic carbocycles. The molecule has 0 atom stereocenters. The molecule has 0 aliphatic carbocycles. The molecule has 3 nitrogen and oxygen atoms in total. The standard InChI is InChI=1S/C20H39N3/c1-18(2)7-6-8-19(3)9-10-20(4,5)17-22-13-16-23-14-11-21-12-15-23/h7,9,21-22H,6,8,10-17H2,1-5H3/b19-9+. The van der Waals surface area contributed by atoms with Gasteiger partial charge in [0.05, 0.1) is 0 Å². The van der Waals surface area contributed by atoms with Crippen LogP contribution in [0.5, 0.6) is 0 Å². The third kappa shape index (κ3) is 10.7. The van der Waals surface area contributed by atoms with Crippen molar-refractivity contribution in [3.8, 4) is 0 Å². The van der Waals surface area contributed by atoms with Crippen LogP contribution in [0.3, 0.4) is 0 Å². The molecule has 23 heavy (non-hydrogen) atoms. The molecule has 3 heteroatoms. The second-order valence-corrected chi connectivity index (χ2v) is 8.01. The lowest BCUT2D eigenvalue weighted by molar-refractivity contribution is 0.235. The first-order valence-electron chi connectivity index (χ1n) is 9.32. The molecule has 0 amide bonds. The fourth-order valence-electron chi connectivity index (χ4n) is 2.81. The van der Waals surface area contributed by atoms with E-state index < -0.39 is 0 Å². The Hall–Kier alpha value is -0.640. The van der Waals surface area contributed by atoms with Crippen molar-refractivity contribution in [2.45, 2.75) is 53.9 Å². The summed E-state index contributed by atoms with van der Waals surface area (Å²) in [5.74, 6) is 0. The van der Waals surface area contributed by atoms with Crippen molar-refractivity contribution in [1.29, 1.82) is 0 Å². The first kappa shape index (κ1) is 20.4. The van der Waals surface area contributed by atoms with Crippen molar-refractivity contribution in [3.05, 3.63) is 23.3 Å². The lowest BCUT2D eigenvalue weighted by Crippen LogP contribution is -2.46. The van der Waals surface area contributed by atoms with E-state index in [1.807, 2.05) is 0 Å². The van der Waals surface area contributed by atoms with Gasteiger partial charge in [-0.2, -0.15) is 0 Å². The van der Waals surface area contributed by atoms with Crippen molar-refractivity contribution in [3.63, 3.8) is 0 Å². The van der Waals surface area contributed by atoms with Gasteiger partial charge in [-0.15, -0.1) is 0 Å². The van der Waals surface area contributed by atoms with Crippen LogP contribution in [0.25, 0.3) is 0 Å². The van der Waals surface area contributed by atoms with Crippen molar-refractivity contribution >= 4 is 0 Å². The van der Waals surface area contributed by atoms with Crippen LogP contribution in [0.2, 0.25) is 0 Å². The third-order valence-corrected chi connectivity index (χ3v) is 4.51. The Kier molecular flexibility index (Phi) is 9.77. The molecule has 0 bridgehead atoms. The number of rotatable bonds is 10. The van der Waals surface area contributed by atoms with Crippen LogP contribution in [0.15, 0.2) is 23.3 Å². The van der Waals surface area contributed by atoms with Gasteiger partial charge >= 0.3 is 0 Å². The molecule has 2 N–H and O–H groups in total. The van der Waals surface area contributed by atoms with E-state index in [1.54, 1.807) is 0 Å². The first-order chi connectivity index (χ1) is 10.9. The Morgan fingerprint density at radius 1 is 1.13 bits per heavy atom. The highest BCUT2D eigenvalue weighted by atomic mass is 15.2. The number of nitrogens with zero attached hydrogens (tertiary/aromatic N) is 1. The summed E-state index contributed by atoms with van der Waals surface area (Å²) < 4.78 is 0. The highest BCUT2D eigenvalue weighted by Gasteiger charge is 2.16. The van der Waals surface area contributed by atoms with Gasteiger partial charge in [0.25, 0.3) is 0 Å². The van der Waals surface area contributed by atoms with Gasteiger partial charge in [-0.3, -0.25) is 4.90 Å². The van der Waals surface area contributed by atoms with E-state index in [0.29, 0.717) is 5.41 Å². The van der Waals surface area contributed by atoms with Crippen LogP contribution in [-0.4, -0.2) is 50.7 Å². The summed E-state index contributed by atoms with van der Waals surface area (Å²) in [6.07, 6.45) is 8.30. The molecule has 0 aromatic rings. The average Bonchev–Trinajstić information content (AvgIpc) is 2.50. The summed E-state index contributed by atoms with van der Waals surface area (Å²) in [4.78, 5) is 2.55. The van der Waals surface area contributed by atoms with E-state index in [9.17, 15) is 0 Å². The first-order valence-corrected chi connectivity index (χ1v) is 9.32. The summed E-state index contributed by atoms with van der Waals surface area (Å²) in [7, 11) is 0. The summed E-state index contributed by atoms with van der Waals surface area (Å²) in [5, 5.41) is 7.06. The highest BCUT2D eigenvalue weighted by Crippen LogP contribution is 2.21. The van der Waals surface area contributed by atoms with Gasteiger partial charge in [0.2, 0.25) is 0 Å². The molecule has 1 aliphatic heterocycles. The quantitative estimate of drug-likeness (QED) is 0.476. The van der Waals surface area contributed by atoms with Crippen LogP contribution in [0, 0.1) is 5.41 Å². The number of hydrogen-bond acceptors (Lipinski definition) is 3. The minimum absolute atomic E-state index is 0.335. The van der Waals surface area contributed by atoms with E-state index in [4.69, 9.17) is 0 Å². The van der Waals surface area contributed by atoms with E-state index in [0.717, 1.165) is 32.6 Å². The third-order valence-electron chi connectivity index (χ3n) is 4.51. The van der Waals surface area contributed by atoms with Crippen LogP contribution in [0.4, 0.5) is 0 Å². The lowest BCUT2D eigenvalue weighted by Gasteiger charge is -2.28. The van der Waals surface area contributed by atoms with Gasteiger partial charge in [0.1, 0.15) is 0 Å². The summed E-state index contributed by atoms with van der Waals surface area (Å²) in [6.45, 7) is 19.4. The second-order valence-electron chi connectivity index (χ2n) is 8.01. The Morgan fingerprint density at radius 3 is 2.48 bits per heavy atom. The second kappa shape index (κ2) is 11.0. The minimum Gasteiger partial charge on any atom is -0.315 e. The molecule has 0 aromatic heterocycles. The van der Waals surface area contributed by atoms with Gasteiger partial charge in [0.15, 0.2) is 0 Å². The van der Waals surface area contributed by atoms with Gasteiger partial charge in [-0.25, -0.2) is 0 Å². The van der Waals surface area contributed by atoms with Crippen molar-refractivity contribution in [2.75, 3.05) is 45.8 Å². The summed E-state index contributed by atoms with van der Waals surface area (Å²) >= 11 is 0. The van der Waals surface area contributed by atoms with Crippen molar-refractivity contribution < 1.29 is 0 Å². The Balaban J connectivity index is 2.17. The average molecular weight is 322 g/mol. The topological polar surface area (TPSA) is 27.3 Å². The van der Waals surface area contributed by atoms with Gasteiger partial charge in [-0.05, 0) is 45.4 Å². The smallest absolute Gasteiger partial charge is 0.0108 e. The molecule has 1 fully saturated rings. The molecule has 1 saturated heterocycles. The summed E-state index contributed by atoms with van der Waals surface area (Å²) in [5.41, 5.74) is 3.28. The maximum atomic E-state index is 3.65. The van der Waals surface area contributed by atoms with E-state index in [1.165, 1.54) is 43.6 Å². The molecule has 0 saturated carbocycles. The molecule has 134 valence electrons. The monoisotopic (exact) mass is 321 g/mol. The maximum absolute atomic E-state index is 3.65. The number of nitrogens with one attached hydrogen (secondary N) is 2. The zero-order valence-corrected chi connectivity index (χ0v) is 16.2. The largest absolute Gasteiger partial charge is 0.315 e. The summed E-state index contributed by atoms with van der Waals surface area (Å²) in [6, 6.07) is 0. The Labute approximate surface area is 144 Å². The SMILES string of the molecule is CC(C)=CCC/C(C)=C/CC(C)(C)CNCCN1CCNCC1. The van der Waals surface area contributed by atoms with Crippen LogP contribution in [-0.2, 0) is 0 Å². The lowest BCUT2D eigenvalue weighted by atomic mass is 9.88. The molecule has 1 heterocycles. The van der Waals surface area contributed by atoms with Crippen molar-refractivity contribution in [2.24, 2.45) is 5.41 Å². The molecule has 1 aliphatic rings. The van der Waals surface area contributed by atoms with Gasteiger partial charge < -0.3 is 10.6 Å². The predicted octanol–water partition coefficient (Wildman–Crippen LogP) is 3.59. The van der Waals surface area contributed by atoms with Crippen LogP contribution in [0.1, 0.15) is 53.9 Å². The van der Waals surface area contributed by atoms with Gasteiger partial charge in [0, 0.05) is 45.8 Å². The normalized spacial score (nSPS) is 17.3. The predicted molar refractivity (Wildman–Crippen MR) is 103 cm³/mol. The zero-order valence-electron chi connectivity index (χ0n) is 16.2. The molecule has 0 unspecified atom stereocenters. The Morgan fingerprint density at radius 2 is 1.83 bits per heavy atom. The number of piperazine rings is 1. The fourth-order valence-corrected chi connectivity index (χ4v) is 2.81. The van der Waals surface area contributed by atoms with Gasteiger partial charge in [-0.1, -0.05) is 37.1 Å². The van der Waals surface area contributed by atoms with Crippen LogP contribution < -0.4 is 10.6 Å². The molecular formula is C20H39N3. The Bertz CT molecular complexity index is 372. The molecule has 1 rings (SSSR count). The van der Waals surface area contributed by atoms with E-state index in [-0.39, 0.29) is 0 Å². The minimum atomic E-state index is 0.335. The number of hydrogen-bond donors (Lipinski definition) is 2. The zero-order chi connectivity index (χ0) is 17.1. The van der Waals surface area contributed by atoms with Crippen LogP contribution >= 0.6 is 0 Å². The molecule has 0 radical (unpaired) electrons. The molecule has 0 spiro atoms. The fraction of sp³-hybridized carbons (Fsp3) is 0.800. The molecular weight excluding hydrogens is 282 g/mol.